The van der Waals surface area contributed by atoms with Gasteiger partial charge in [-0.3, -0.25) is 0 Å². The van der Waals surface area contributed by atoms with Crippen molar-refractivity contribution >= 4 is 0 Å². The maximum atomic E-state index is 9.15. The third-order valence-electron chi connectivity index (χ3n) is 1.55. The van der Waals surface area contributed by atoms with Gasteiger partial charge in [0.25, 0.3) is 0 Å². The summed E-state index contributed by atoms with van der Waals surface area (Å²) >= 11 is 0. The van der Waals surface area contributed by atoms with Crippen molar-refractivity contribution in [3.8, 4) is 12.3 Å². The van der Waals surface area contributed by atoms with E-state index in [1.807, 2.05) is 0 Å². The maximum Gasteiger partial charge on any atom is 0.163 e. The second kappa shape index (κ2) is 2.82. The van der Waals surface area contributed by atoms with Crippen molar-refractivity contribution < 1.29 is 14.6 Å². The zero-order valence-electron chi connectivity index (χ0n) is 6.70. The zero-order valence-corrected chi connectivity index (χ0v) is 6.70. The lowest BCUT2D eigenvalue weighted by Gasteiger charge is -2.17. The quantitative estimate of drug-likeness (QED) is 0.548. The molecule has 1 aliphatic rings. The number of terminal acetylenes is 1. The van der Waals surface area contributed by atoms with Crippen molar-refractivity contribution in [3.63, 3.8) is 0 Å². The van der Waals surface area contributed by atoms with Gasteiger partial charge in [-0.25, -0.2) is 0 Å². The first-order chi connectivity index (χ1) is 5.05. The molecule has 11 heavy (non-hydrogen) atoms. The smallest absolute Gasteiger partial charge is 0.163 e. The van der Waals surface area contributed by atoms with Crippen LogP contribution in [0.1, 0.15) is 13.8 Å². The molecule has 0 bridgehead atoms. The van der Waals surface area contributed by atoms with E-state index >= 15 is 0 Å². The van der Waals surface area contributed by atoms with Crippen LogP contribution in [0.25, 0.3) is 0 Å². The highest BCUT2D eigenvalue weighted by Gasteiger charge is 2.35. The summed E-state index contributed by atoms with van der Waals surface area (Å²) in [7, 11) is 0. The topological polar surface area (TPSA) is 38.7 Å². The van der Waals surface area contributed by atoms with E-state index < -0.39 is 11.9 Å². The van der Waals surface area contributed by atoms with E-state index in [9.17, 15) is 0 Å². The zero-order chi connectivity index (χ0) is 8.48. The van der Waals surface area contributed by atoms with E-state index in [2.05, 4.69) is 5.92 Å². The van der Waals surface area contributed by atoms with E-state index in [0.717, 1.165) is 0 Å². The minimum atomic E-state index is -0.864. The molecule has 0 saturated carbocycles. The van der Waals surface area contributed by atoms with Crippen LogP contribution in [0.5, 0.6) is 0 Å². The summed E-state index contributed by atoms with van der Waals surface area (Å²) < 4.78 is 10.5. The van der Waals surface area contributed by atoms with Crippen LogP contribution in [-0.2, 0) is 9.47 Å². The summed E-state index contributed by atoms with van der Waals surface area (Å²) in [5, 5.41) is 9.15. The molecule has 1 aliphatic heterocycles. The predicted octanol–water partition coefficient (Wildman–Crippen LogP) is 0.132. The third-order valence-corrected chi connectivity index (χ3v) is 1.55. The van der Waals surface area contributed by atoms with Crippen molar-refractivity contribution in [3.05, 3.63) is 0 Å². The third kappa shape index (κ3) is 1.93. The van der Waals surface area contributed by atoms with Gasteiger partial charge in [-0.05, 0) is 13.8 Å². The van der Waals surface area contributed by atoms with Crippen molar-refractivity contribution in [1.82, 2.24) is 0 Å². The van der Waals surface area contributed by atoms with Crippen LogP contribution in [0, 0.1) is 12.3 Å². The number of aliphatic hydroxyl groups excluding tert-OH is 1. The van der Waals surface area contributed by atoms with Crippen LogP contribution in [0.15, 0.2) is 0 Å². The average Bonchev–Trinajstić information content (AvgIpc) is 2.29. The fraction of sp³-hybridized carbons (Fsp3) is 0.750. The molecule has 0 spiro atoms. The highest BCUT2D eigenvalue weighted by molar-refractivity contribution is 4.99. The molecule has 3 nitrogen and oxygen atoms in total. The standard InChI is InChI=1S/C8H12O3/c1-4-6(9)7-5-10-8(2,3)11-7/h1,6-7,9H,5H2,2-3H3/t6-,7+/m1/s1. The van der Waals surface area contributed by atoms with E-state index in [1.165, 1.54) is 0 Å². The Kier molecular flexibility index (Phi) is 2.19. The molecule has 2 atom stereocenters. The van der Waals surface area contributed by atoms with Gasteiger partial charge in [-0.1, -0.05) is 5.92 Å². The van der Waals surface area contributed by atoms with Crippen molar-refractivity contribution in [2.24, 2.45) is 0 Å². The first-order valence-electron chi connectivity index (χ1n) is 3.51. The van der Waals surface area contributed by atoms with Gasteiger partial charge >= 0.3 is 0 Å². The maximum absolute atomic E-state index is 9.15. The van der Waals surface area contributed by atoms with E-state index in [-0.39, 0.29) is 6.10 Å². The Morgan fingerprint density at radius 3 is 2.73 bits per heavy atom. The fourth-order valence-electron chi connectivity index (χ4n) is 0.978. The lowest BCUT2D eigenvalue weighted by molar-refractivity contribution is -0.146. The van der Waals surface area contributed by atoms with E-state index in [0.29, 0.717) is 6.61 Å². The molecule has 0 radical (unpaired) electrons. The molecule has 1 fully saturated rings. The largest absolute Gasteiger partial charge is 0.378 e. The number of aliphatic hydroxyl groups is 1. The summed E-state index contributed by atoms with van der Waals surface area (Å²) in [5.41, 5.74) is 0. The number of hydrogen-bond acceptors (Lipinski definition) is 3. The van der Waals surface area contributed by atoms with Crippen molar-refractivity contribution in [2.45, 2.75) is 31.8 Å². The van der Waals surface area contributed by atoms with Crippen LogP contribution in [0.3, 0.4) is 0 Å². The van der Waals surface area contributed by atoms with Gasteiger partial charge in [0.15, 0.2) is 5.79 Å². The Morgan fingerprint density at radius 1 is 1.73 bits per heavy atom. The van der Waals surface area contributed by atoms with Gasteiger partial charge in [0.1, 0.15) is 12.2 Å². The highest BCUT2D eigenvalue weighted by Crippen LogP contribution is 2.23. The molecule has 62 valence electrons. The first-order valence-corrected chi connectivity index (χ1v) is 3.51. The van der Waals surface area contributed by atoms with Crippen LogP contribution in [0.2, 0.25) is 0 Å². The average molecular weight is 156 g/mol. The minimum Gasteiger partial charge on any atom is -0.378 e. The molecule has 1 N–H and O–H groups in total. The van der Waals surface area contributed by atoms with Crippen LogP contribution in [-0.4, -0.2) is 29.7 Å². The number of rotatable bonds is 1. The summed E-state index contributed by atoms with van der Waals surface area (Å²) in [6.07, 6.45) is 3.76. The molecular weight excluding hydrogens is 144 g/mol. The van der Waals surface area contributed by atoms with Gasteiger partial charge < -0.3 is 14.6 Å². The second-order valence-corrected chi connectivity index (χ2v) is 2.98. The molecule has 3 heteroatoms. The minimum absolute atomic E-state index is 0.359. The summed E-state index contributed by atoms with van der Waals surface area (Å²) in [5.74, 6) is 1.59. The van der Waals surface area contributed by atoms with E-state index in [4.69, 9.17) is 21.0 Å². The number of ether oxygens (including phenoxy) is 2. The van der Waals surface area contributed by atoms with Gasteiger partial charge in [-0.15, -0.1) is 6.42 Å². The van der Waals surface area contributed by atoms with Gasteiger partial charge in [0.2, 0.25) is 0 Å². The molecule has 0 unspecified atom stereocenters. The van der Waals surface area contributed by atoms with Gasteiger partial charge in [0.05, 0.1) is 6.61 Å². The lowest BCUT2D eigenvalue weighted by atomic mass is 10.2. The van der Waals surface area contributed by atoms with Crippen LogP contribution >= 0.6 is 0 Å². The Hall–Kier alpha value is -0.560. The van der Waals surface area contributed by atoms with Crippen molar-refractivity contribution in [2.75, 3.05) is 6.61 Å². The number of hydrogen-bond donors (Lipinski definition) is 1. The normalized spacial score (nSPS) is 31.3. The Morgan fingerprint density at radius 2 is 2.36 bits per heavy atom. The Balaban J connectivity index is 2.50. The molecular formula is C8H12O3. The first kappa shape index (κ1) is 8.54. The SMILES string of the molecule is C#C[C@@H](O)[C@@H]1COC(C)(C)O1. The molecule has 0 aromatic rings. The van der Waals surface area contributed by atoms with Gasteiger partial charge in [0, 0.05) is 0 Å². The molecule has 1 saturated heterocycles. The molecule has 0 aliphatic carbocycles. The second-order valence-electron chi connectivity index (χ2n) is 2.98. The van der Waals surface area contributed by atoms with Crippen LogP contribution in [0.4, 0.5) is 0 Å². The van der Waals surface area contributed by atoms with Crippen LogP contribution < -0.4 is 0 Å². The summed E-state index contributed by atoms with van der Waals surface area (Å²) in [4.78, 5) is 0. The fourth-order valence-corrected chi connectivity index (χ4v) is 0.978. The lowest BCUT2D eigenvalue weighted by Crippen LogP contribution is -2.29. The molecule has 0 aromatic carbocycles. The predicted molar refractivity (Wildman–Crippen MR) is 39.7 cm³/mol. The van der Waals surface area contributed by atoms with Gasteiger partial charge in [-0.2, -0.15) is 0 Å². The van der Waals surface area contributed by atoms with E-state index in [1.54, 1.807) is 13.8 Å². The van der Waals surface area contributed by atoms with Crippen molar-refractivity contribution in [1.29, 1.82) is 0 Å². The molecule has 1 heterocycles. The molecule has 1 rings (SSSR count). The Labute approximate surface area is 66.3 Å². The summed E-state index contributed by atoms with van der Waals surface area (Å²) in [6.45, 7) is 3.94. The Bertz CT molecular complexity index is 180. The monoisotopic (exact) mass is 156 g/mol. The molecule has 0 amide bonds. The summed E-state index contributed by atoms with van der Waals surface area (Å²) in [6, 6.07) is 0. The molecule has 0 aromatic heterocycles. The highest BCUT2D eigenvalue weighted by atomic mass is 16.7.